The largest absolute Gasteiger partial charge is 0.455 e. The van der Waals surface area contributed by atoms with Gasteiger partial charge in [0.2, 0.25) is 0 Å². The number of para-hydroxylation sites is 2. The van der Waals surface area contributed by atoms with Crippen LogP contribution in [-0.2, 0) is 0 Å². The molecule has 4 rings (SSSR count). The molecule has 0 N–H and O–H groups in total. The first kappa shape index (κ1) is 15.2. The highest BCUT2D eigenvalue weighted by Gasteiger charge is 2.17. The minimum atomic E-state index is 0.124. The number of Topliss-reactive ketones (excluding diaryl/α,β-unsaturated/α-hetero) is 1. The van der Waals surface area contributed by atoms with Crippen LogP contribution in [0.5, 0.6) is 0 Å². The van der Waals surface area contributed by atoms with Gasteiger partial charge in [-0.15, -0.1) is 0 Å². The maximum Gasteiger partial charge on any atom is 0.163 e. The zero-order chi connectivity index (χ0) is 16.7. The van der Waals surface area contributed by atoms with Gasteiger partial charge in [0, 0.05) is 32.8 Å². The van der Waals surface area contributed by atoms with Gasteiger partial charge in [0.25, 0.3) is 0 Å². The fourth-order valence-corrected chi connectivity index (χ4v) is 3.49. The Hall–Kier alpha value is -2.39. The molecule has 0 atom stereocenters. The molecule has 3 heteroatoms. The smallest absolute Gasteiger partial charge is 0.163 e. The molecule has 0 radical (unpaired) electrons. The molecule has 118 valence electrons. The monoisotopic (exact) mass is 378 g/mol. The van der Waals surface area contributed by atoms with Gasteiger partial charge in [-0.25, -0.2) is 0 Å². The van der Waals surface area contributed by atoms with E-state index >= 15 is 0 Å². The van der Waals surface area contributed by atoms with Crippen molar-refractivity contribution in [2.24, 2.45) is 0 Å². The van der Waals surface area contributed by atoms with Crippen molar-refractivity contribution in [2.45, 2.75) is 13.3 Å². The predicted molar refractivity (Wildman–Crippen MR) is 101 cm³/mol. The van der Waals surface area contributed by atoms with Gasteiger partial charge in [0.15, 0.2) is 5.78 Å². The second-order valence-electron chi connectivity index (χ2n) is 5.75. The number of ketones is 1. The molecule has 0 amide bonds. The third kappa shape index (κ3) is 2.36. The van der Waals surface area contributed by atoms with Crippen LogP contribution in [0.3, 0.4) is 0 Å². The van der Waals surface area contributed by atoms with Crippen molar-refractivity contribution in [1.29, 1.82) is 0 Å². The first-order valence-electron chi connectivity index (χ1n) is 7.92. The second-order valence-corrected chi connectivity index (χ2v) is 6.66. The summed E-state index contributed by atoms with van der Waals surface area (Å²) in [5.41, 5.74) is 4.27. The molecule has 0 saturated heterocycles. The van der Waals surface area contributed by atoms with E-state index in [1.807, 2.05) is 55.5 Å². The molecule has 1 heterocycles. The van der Waals surface area contributed by atoms with Crippen LogP contribution in [0, 0.1) is 0 Å². The van der Waals surface area contributed by atoms with Crippen molar-refractivity contribution in [3.8, 4) is 11.1 Å². The van der Waals surface area contributed by atoms with Crippen LogP contribution in [-0.4, -0.2) is 5.78 Å². The summed E-state index contributed by atoms with van der Waals surface area (Å²) >= 11 is 3.47. The third-order valence-electron chi connectivity index (χ3n) is 4.30. The Morgan fingerprint density at radius 2 is 1.75 bits per heavy atom. The number of fused-ring (bicyclic) bond motifs is 3. The van der Waals surface area contributed by atoms with E-state index in [4.69, 9.17) is 4.42 Å². The van der Waals surface area contributed by atoms with E-state index in [0.29, 0.717) is 6.42 Å². The lowest BCUT2D eigenvalue weighted by Gasteiger charge is -2.09. The Bertz CT molecular complexity index is 1080. The number of hydrogen-bond acceptors (Lipinski definition) is 2. The van der Waals surface area contributed by atoms with Gasteiger partial charge >= 0.3 is 0 Å². The van der Waals surface area contributed by atoms with Gasteiger partial charge in [-0.3, -0.25) is 4.79 Å². The van der Waals surface area contributed by atoms with E-state index in [0.717, 1.165) is 43.1 Å². The average molecular weight is 379 g/mol. The van der Waals surface area contributed by atoms with Crippen molar-refractivity contribution in [3.63, 3.8) is 0 Å². The van der Waals surface area contributed by atoms with Gasteiger partial charge < -0.3 is 4.42 Å². The normalized spacial score (nSPS) is 11.2. The molecule has 0 aliphatic rings. The number of carbonyl (C=O) groups excluding carboxylic acids is 1. The maximum atomic E-state index is 12.4. The van der Waals surface area contributed by atoms with Crippen LogP contribution in [0.4, 0.5) is 0 Å². The topological polar surface area (TPSA) is 30.2 Å². The average Bonchev–Trinajstić information content (AvgIpc) is 3.00. The molecule has 0 fully saturated rings. The van der Waals surface area contributed by atoms with E-state index < -0.39 is 0 Å². The zero-order valence-corrected chi connectivity index (χ0v) is 14.8. The summed E-state index contributed by atoms with van der Waals surface area (Å²) in [7, 11) is 0. The van der Waals surface area contributed by atoms with Crippen molar-refractivity contribution in [1.82, 2.24) is 0 Å². The Labute approximate surface area is 148 Å². The summed E-state index contributed by atoms with van der Waals surface area (Å²) < 4.78 is 7.02. The van der Waals surface area contributed by atoms with Crippen LogP contribution in [0.25, 0.3) is 33.1 Å². The molecule has 2 nitrogen and oxygen atoms in total. The fraction of sp³-hybridized carbons (Fsp3) is 0.0952. The van der Waals surface area contributed by atoms with Crippen LogP contribution >= 0.6 is 15.9 Å². The van der Waals surface area contributed by atoms with E-state index in [1.54, 1.807) is 0 Å². The van der Waals surface area contributed by atoms with E-state index in [2.05, 4.69) is 28.1 Å². The van der Waals surface area contributed by atoms with E-state index in [-0.39, 0.29) is 5.78 Å². The number of carbonyl (C=O) groups is 1. The lowest BCUT2D eigenvalue weighted by atomic mass is 9.95. The minimum Gasteiger partial charge on any atom is -0.455 e. The molecule has 0 bridgehead atoms. The standard InChI is InChI=1S/C21H15BrO2/c1-2-19(23)18-12-13(22)10-11-14(18)16-7-5-8-17-15-6-3-4-9-20(15)24-21(16)17/h3-12H,2H2,1H3. The summed E-state index contributed by atoms with van der Waals surface area (Å²) in [6.45, 7) is 1.88. The van der Waals surface area contributed by atoms with Crippen LogP contribution in [0.1, 0.15) is 23.7 Å². The molecular formula is C21H15BrO2. The number of hydrogen-bond donors (Lipinski definition) is 0. The highest BCUT2D eigenvalue weighted by Crippen LogP contribution is 2.37. The molecule has 0 aliphatic heterocycles. The second kappa shape index (κ2) is 5.91. The van der Waals surface area contributed by atoms with Gasteiger partial charge in [0.1, 0.15) is 11.2 Å². The predicted octanol–water partition coefficient (Wildman–Crippen LogP) is 6.61. The SMILES string of the molecule is CCC(=O)c1cc(Br)ccc1-c1cccc2c1oc1ccccc12. The fourth-order valence-electron chi connectivity index (χ4n) is 3.13. The lowest BCUT2D eigenvalue weighted by Crippen LogP contribution is -2.00. The Balaban J connectivity index is 2.06. The molecule has 1 aromatic heterocycles. The summed E-state index contributed by atoms with van der Waals surface area (Å²) in [5.74, 6) is 0.124. The lowest BCUT2D eigenvalue weighted by molar-refractivity contribution is 0.0988. The Morgan fingerprint density at radius 3 is 2.58 bits per heavy atom. The van der Waals surface area contributed by atoms with Crippen LogP contribution in [0.2, 0.25) is 0 Å². The molecule has 0 unspecified atom stereocenters. The van der Waals surface area contributed by atoms with Crippen LogP contribution in [0.15, 0.2) is 69.6 Å². The highest BCUT2D eigenvalue weighted by molar-refractivity contribution is 9.10. The summed E-state index contributed by atoms with van der Waals surface area (Å²) in [6.07, 6.45) is 0.472. The molecule has 0 spiro atoms. The molecule has 0 saturated carbocycles. The van der Waals surface area contributed by atoms with Crippen molar-refractivity contribution >= 4 is 43.7 Å². The molecule has 4 aromatic rings. The number of halogens is 1. The third-order valence-corrected chi connectivity index (χ3v) is 4.79. The quantitative estimate of drug-likeness (QED) is 0.375. The summed E-state index contributed by atoms with van der Waals surface area (Å²) in [6, 6.07) is 19.9. The van der Waals surface area contributed by atoms with Crippen molar-refractivity contribution in [3.05, 3.63) is 70.7 Å². The van der Waals surface area contributed by atoms with Gasteiger partial charge in [0.05, 0.1) is 0 Å². The van der Waals surface area contributed by atoms with E-state index in [9.17, 15) is 4.79 Å². The first-order valence-corrected chi connectivity index (χ1v) is 8.71. The van der Waals surface area contributed by atoms with Crippen molar-refractivity contribution < 1.29 is 9.21 Å². The Morgan fingerprint density at radius 1 is 0.958 bits per heavy atom. The molecule has 24 heavy (non-hydrogen) atoms. The minimum absolute atomic E-state index is 0.124. The number of furan rings is 1. The molecule has 0 aliphatic carbocycles. The van der Waals surface area contributed by atoms with Gasteiger partial charge in [-0.1, -0.05) is 65.3 Å². The first-order chi connectivity index (χ1) is 11.7. The van der Waals surface area contributed by atoms with Gasteiger partial charge in [-0.05, 0) is 23.8 Å². The van der Waals surface area contributed by atoms with E-state index in [1.165, 1.54) is 0 Å². The summed E-state index contributed by atoms with van der Waals surface area (Å²) in [5, 5.41) is 2.16. The number of rotatable bonds is 3. The van der Waals surface area contributed by atoms with Gasteiger partial charge in [-0.2, -0.15) is 0 Å². The molecular weight excluding hydrogens is 364 g/mol. The molecule has 3 aromatic carbocycles. The maximum absolute atomic E-state index is 12.4. The van der Waals surface area contributed by atoms with Crippen molar-refractivity contribution in [2.75, 3.05) is 0 Å². The summed E-state index contributed by atoms with van der Waals surface area (Å²) in [4.78, 5) is 12.4. The highest BCUT2D eigenvalue weighted by atomic mass is 79.9. The number of benzene rings is 3. The zero-order valence-electron chi connectivity index (χ0n) is 13.2. The Kier molecular flexibility index (Phi) is 3.73. The van der Waals surface area contributed by atoms with Crippen LogP contribution < -0.4 is 0 Å².